The van der Waals surface area contributed by atoms with Gasteiger partial charge in [-0.1, -0.05) is 0 Å². The number of benzene rings is 1. The molecule has 3 nitrogen and oxygen atoms in total. The molecule has 1 heterocycles. The SMILES string of the molecule is NCCCCc1nc2cc(Br)c(F)cc2[nH]1. The van der Waals surface area contributed by atoms with Gasteiger partial charge in [0.1, 0.15) is 11.6 Å². The van der Waals surface area contributed by atoms with Gasteiger partial charge in [0.05, 0.1) is 15.5 Å². The molecule has 5 heteroatoms. The largest absolute Gasteiger partial charge is 0.342 e. The van der Waals surface area contributed by atoms with Crippen LogP contribution in [0.25, 0.3) is 11.0 Å². The van der Waals surface area contributed by atoms with Gasteiger partial charge in [-0.25, -0.2) is 9.37 Å². The molecule has 1 aromatic heterocycles. The van der Waals surface area contributed by atoms with Gasteiger partial charge >= 0.3 is 0 Å². The lowest BCUT2D eigenvalue weighted by Crippen LogP contribution is -1.99. The normalized spacial score (nSPS) is 11.2. The Labute approximate surface area is 101 Å². The molecular weight excluding hydrogens is 273 g/mol. The molecule has 3 N–H and O–H groups in total. The zero-order valence-corrected chi connectivity index (χ0v) is 10.3. The van der Waals surface area contributed by atoms with E-state index >= 15 is 0 Å². The van der Waals surface area contributed by atoms with Crippen molar-refractivity contribution in [1.82, 2.24) is 9.97 Å². The predicted octanol–water partition coefficient (Wildman–Crippen LogP) is 2.75. The van der Waals surface area contributed by atoms with E-state index in [1.165, 1.54) is 6.07 Å². The van der Waals surface area contributed by atoms with Gasteiger partial charge < -0.3 is 10.7 Å². The fourth-order valence-corrected chi connectivity index (χ4v) is 1.94. The van der Waals surface area contributed by atoms with Crippen LogP contribution in [0.5, 0.6) is 0 Å². The summed E-state index contributed by atoms with van der Waals surface area (Å²) >= 11 is 3.14. The van der Waals surface area contributed by atoms with Crippen molar-refractivity contribution in [3.63, 3.8) is 0 Å². The Balaban J connectivity index is 2.23. The number of aromatic amines is 1. The molecule has 0 aliphatic rings. The monoisotopic (exact) mass is 285 g/mol. The summed E-state index contributed by atoms with van der Waals surface area (Å²) in [5.41, 5.74) is 6.95. The Kier molecular flexibility index (Phi) is 3.56. The minimum atomic E-state index is -0.273. The van der Waals surface area contributed by atoms with E-state index in [1.54, 1.807) is 6.07 Å². The van der Waals surface area contributed by atoms with E-state index in [9.17, 15) is 4.39 Å². The fourth-order valence-electron chi connectivity index (χ4n) is 1.61. The Hall–Kier alpha value is -0.940. The maximum Gasteiger partial charge on any atom is 0.139 e. The summed E-state index contributed by atoms with van der Waals surface area (Å²) in [4.78, 5) is 7.50. The van der Waals surface area contributed by atoms with Gasteiger partial charge in [0.15, 0.2) is 0 Å². The molecule has 0 fully saturated rings. The van der Waals surface area contributed by atoms with Crippen LogP contribution in [-0.4, -0.2) is 16.5 Å². The number of imidazole rings is 1. The number of hydrogen-bond donors (Lipinski definition) is 2. The minimum absolute atomic E-state index is 0.273. The molecule has 1 aromatic carbocycles. The van der Waals surface area contributed by atoms with Gasteiger partial charge in [0.2, 0.25) is 0 Å². The lowest BCUT2D eigenvalue weighted by Gasteiger charge is -1.93. The number of halogens is 2. The number of fused-ring (bicyclic) bond motifs is 1. The third-order valence-electron chi connectivity index (χ3n) is 2.44. The number of aryl methyl sites for hydroxylation is 1. The predicted molar refractivity (Wildman–Crippen MR) is 65.7 cm³/mol. The second-order valence-electron chi connectivity index (χ2n) is 3.71. The summed E-state index contributed by atoms with van der Waals surface area (Å²) in [6, 6.07) is 3.15. The lowest BCUT2D eigenvalue weighted by molar-refractivity contribution is 0.623. The van der Waals surface area contributed by atoms with E-state index in [2.05, 4.69) is 25.9 Å². The second-order valence-corrected chi connectivity index (χ2v) is 4.57. The van der Waals surface area contributed by atoms with Crippen LogP contribution in [0.15, 0.2) is 16.6 Å². The maximum absolute atomic E-state index is 13.3. The van der Waals surface area contributed by atoms with Gasteiger partial charge in [0, 0.05) is 12.5 Å². The molecule has 16 heavy (non-hydrogen) atoms. The van der Waals surface area contributed by atoms with Crippen LogP contribution in [0, 0.1) is 5.82 Å². The Morgan fingerprint density at radius 2 is 2.19 bits per heavy atom. The standard InChI is InChI=1S/C11H13BrFN3/c12-7-5-9-10(6-8(7)13)16-11(15-9)3-1-2-4-14/h5-6H,1-4,14H2,(H,15,16). The van der Waals surface area contributed by atoms with Gasteiger partial charge in [0.25, 0.3) is 0 Å². The Bertz CT molecular complexity index is 456. The summed E-state index contributed by atoms with van der Waals surface area (Å²) in [5, 5.41) is 0. The van der Waals surface area contributed by atoms with Crippen LogP contribution in [0.3, 0.4) is 0 Å². The minimum Gasteiger partial charge on any atom is -0.342 e. The number of hydrogen-bond acceptors (Lipinski definition) is 2. The lowest BCUT2D eigenvalue weighted by atomic mass is 10.2. The van der Waals surface area contributed by atoms with Gasteiger partial charge in [-0.2, -0.15) is 0 Å². The first-order chi connectivity index (χ1) is 7.70. The zero-order chi connectivity index (χ0) is 11.5. The van der Waals surface area contributed by atoms with Crippen molar-refractivity contribution in [3.8, 4) is 0 Å². The summed E-state index contributed by atoms with van der Waals surface area (Å²) in [5.74, 6) is 0.616. The van der Waals surface area contributed by atoms with Crippen molar-refractivity contribution in [2.75, 3.05) is 6.54 Å². The molecule has 0 atom stereocenters. The number of aromatic nitrogens is 2. The van der Waals surface area contributed by atoms with Crippen molar-refractivity contribution in [2.24, 2.45) is 5.73 Å². The number of nitrogens with zero attached hydrogens (tertiary/aromatic N) is 1. The molecular formula is C11H13BrFN3. The summed E-state index contributed by atoms with van der Waals surface area (Å²) in [6.45, 7) is 0.695. The summed E-state index contributed by atoms with van der Waals surface area (Å²) < 4.78 is 13.7. The number of rotatable bonds is 4. The molecule has 0 bridgehead atoms. The van der Waals surface area contributed by atoms with Crippen LogP contribution >= 0.6 is 15.9 Å². The molecule has 0 saturated carbocycles. The average molecular weight is 286 g/mol. The quantitative estimate of drug-likeness (QED) is 0.849. The highest BCUT2D eigenvalue weighted by Crippen LogP contribution is 2.22. The van der Waals surface area contributed by atoms with Gasteiger partial charge in [-0.05, 0) is 41.4 Å². The summed E-state index contributed by atoms with van der Waals surface area (Å²) in [6.07, 6.45) is 2.83. The number of nitrogens with one attached hydrogen (secondary N) is 1. The molecule has 0 radical (unpaired) electrons. The van der Waals surface area contributed by atoms with Crippen LogP contribution in [0.2, 0.25) is 0 Å². The highest BCUT2D eigenvalue weighted by Gasteiger charge is 2.06. The van der Waals surface area contributed by atoms with Crippen molar-refractivity contribution in [3.05, 3.63) is 28.2 Å². The average Bonchev–Trinajstić information content (AvgIpc) is 2.61. The van der Waals surface area contributed by atoms with Crippen molar-refractivity contribution in [1.29, 1.82) is 0 Å². The molecule has 0 spiro atoms. The van der Waals surface area contributed by atoms with Crippen molar-refractivity contribution >= 4 is 27.0 Å². The molecule has 2 aromatic rings. The van der Waals surface area contributed by atoms with E-state index in [-0.39, 0.29) is 5.82 Å². The first-order valence-corrected chi connectivity index (χ1v) is 6.03. The molecule has 0 unspecified atom stereocenters. The molecule has 86 valence electrons. The van der Waals surface area contributed by atoms with Gasteiger partial charge in [-0.3, -0.25) is 0 Å². The second kappa shape index (κ2) is 4.93. The van der Waals surface area contributed by atoms with E-state index in [4.69, 9.17) is 5.73 Å². The maximum atomic E-state index is 13.3. The van der Waals surface area contributed by atoms with Crippen LogP contribution in [-0.2, 0) is 6.42 Å². The van der Waals surface area contributed by atoms with E-state index in [1.807, 2.05) is 0 Å². The third-order valence-corrected chi connectivity index (χ3v) is 3.05. The molecule has 0 aliphatic carbocycles. The van der Waals surface area contributed by atoms with Crippen LogP contribution in [0.4, 0.5) is 4.39 Å². The highest BCUT2D eigenvalue weighted by molar-refractivity contribution is 9.10. The third kappa shape index (κ3) is 2.41. The van der Waals surface area contributed by atoms with Crippen LogP contribution < -0.4 is 5.73 Å². The van der Waals surface area contributed by atoms with E-state index in [0.29, 0.717) is 11.0 Å². The van der Waals surface area contributed by atoms with Gasteiger partial charge in [-0.15, -0.1) is 0 Å². The number of unbranched alkanes of at least 4 members (excludes halogenated alkanes) is 1. The van der Waals surface area contributed by atoms with E-state index < -0.39 is 0 Å². The molecule has 2 rings (SSSR count). The number of nitrogens with two attached hydrogens (primary N) is 1. The topological polar surface area (TPSA) is 54.7 Å². The van der Waals surface area contributed by atoms with Crippen molar-refractivity contribution in [2.45, 2.75) is 19.3 Å². The first kappa shape index (κ1) is 11.5. The molecule has 0 aliphatic heterocycles. The molecule has 0 amide bonds. The molecule has 0 saturated heterocycles. The first-order valence-electron chi connectivity index (χ1n) is 5.24. The van der Waals surface area contributed by atoms with Crippen LogP contribution in [0.1, 0.15) is 18.7 Å². The van der Waals surface area contributed by atoms with Crippen molar-refractivity contribution < 1.29 is 4.39 Å². The fraction of sp³-hybridized carbons (Fsp3) is 0.364. The Morgan fingerprint density at radius 3 is 2.94 bits per heavy atom. The smallest absolute Gasteiger partial charge is 0.139 e. The Morgan fingerprint density at radius 1 is 1.38 bits per heavy atom. The van der Waals surface area contributed by atoms with E-state index in [0.717, 1.165) is 36.1 Å². The zero-order valence-electron chi connectivity index (χ0n) is 8.76. The highest BCUT2D eigenvalue weighted by atomic mass is 79.9. The number of H-pyrrole nitrogens is 1. The summed E-state index contributed by atoms with van der Waals surface area (Å²) in [7, 11) is 0.